The molecule has 2 heterocycles. The first-order valence-electron chi connectivity index (χ1n) is 8.02. The van der Waals surface area contributed by atoms with Gasteiger partial charge in [-0.15, -0.1) is 13.8 Å². The fourth-order valence-corrected chi connectivity index (χ4v) is 1.76. The molecular formula is C18H30N2O2Zn. The molecule has 126 valence electrons. The second-order valence-electron chi connectivity index (χ2n) is 6.61. The second-order valence-corrected chi connectivity index (χ2v) is 6.61. The van der Waals surface area contributed by atoms with Crippen LogP contribution in [0.5, 0.6) is 0 Å². The van der Waals surface area contributed by atoms with E-state index in [4.69, 9.17) is 9.47 Å². The summed E-state index contributed by atoms with van der Waals surface area (Å²) in [6, 6.07) is 0.535. The van der Waals surface area contributed by atoms with E-state index in [9.17, 15) is 0 Å². The van der Waals surface area contributed by atoms with Gasteiger partial charge < -0.3 is 14.8 Å². The molecule has 0 aliphatic carbocycles. The van der Waals surface area contributed by atoms with E-state index in [0.29, 0.717) is 36.8 Å². The van der Waals surface area contributed by atoms with E-state index >= 15 is 0 Å². The smallest absolute Gasteiger partial charge is 0.648 e. The quantitative estimate of drug-likeness (QED) is 0.541. The molecule has 1 fully saturated rings. The average molecular weight is 372 g/mol. The van der Waals surface area contributed by atoms with Crippen molar-refractivity contribution in [2.24, 2.45) is 16.8 Å². The number of ether oxygens (including phenoxy) is 2. The van der Waals surface area contributed by atoms with Gasteiger partial charge in [0, 0.05) is 12.0 Å². The fraction of sp³-hybridized carbons (Fsp3) is 0.667. The van der Waals surface area contributed by atoms with Gasteiger partial charge in [0.05, 0.1) is 12.6 Å². The molecule has 0 amide bonds. The minimum Gasteiger partial charge on any atom is -0.648 e. The van der Waals surface area contributed by atoms with Gasteiger partial charge in [0.25, 0.3) is 0 Å². The molecule has 5 heteroatoms. The summed E-state index contributed by atoms with van der Waals surface area (Å²) in [5.74, 6) is 2.34. The minimum absolute atomic E-state index is 0. The van der Waals surface area contributed by atoms with E-state index < -0.39 is 0 Å². The topological polar surface area (TPSA) is 44.9 Å². The van der Waals surface area contributed by atoms with Gasteiger partial charge in [0.1, 0.15) is 6.61 Å². The molecule has 0 aromatic carbocycles. The monoisotopic (exact) mass is 370 g/mol. The third kappa shape index (κ3) is 7.92. The summed E-state index contributed by atoms with van der Waals surface area (Å²) in [4.78, 5) is 4.50. The van der Waals surface area contributed by atoms with Crippen LogP contribution in [0.3, 0.4) is 0 Å². The normalized spacial score (nSPS) is 24.0. The Kier molecular flexibility index (Phi) is 10.3. The third-order valence-electron chi connectivity index (χ3n) is 3.58. The molecule has 0 saturated carbocycles. The molecule has 23 heavy (non-hydrogen) atoms. The first kappa shape index (κ1) is 22.0. The molecule has 0 unspecified atom stereocenters. The summed E-state index contributed by atoms with van der Waals surface area (Å²) in [5.41, 5.74) is 1.27. The Balaban J connectivity index is 0.000000709. The largest absolute Gasteiger partial charge is 2.00 e. The number of hydrogen-bond acceptors (Lipinski definition) is 3. The van der Waals surface area contributed by atoms with Gasteiger partial charge in [-0.1, -0.05) is 39.7 Å². The van der Waals surface area contributed by atoms with Crippen molar-refractivity contribution in [3.8, 4) is 0 Å². The van der Waals surface area contributed by atoms with Crippen LogP contribution in [0, 0.1) is 18.8 Å². The molecule has 2 rings (SSSR count). The van der Waals surface area contributed by atoms with E-state index in [0.717, 1.165) is 0 Å². The van der Waals surface area contributed by atoms with E-state index in [1.54, 1.807) is 0 Å². The molecule has 0 N–H and O–H groups in total. The average Bonchev–Trinajstić information content (AvgIpc) is 3.09. The molecule has 4 nitrogen and oxygen atoms in total. The first-order chi connectivity index (χ1) is 10.3. The van der Waals surface area contributed by atoms with Crippen molar-refractivity contribution in [3.63, 3.8) is 0 Å². The molecule has 2 aliphatic heterocycles. The summed E-state index contributed by atoms with van der Waals surface area (Å²) in [6.45, 7) is 17.5. The van der Waals surface area contributed by atoms with E-state index in [1.807, 2.05) is 26.0 Å². The molecule has 2 aliphatic rings. The van der Waals surface area contributed by atoms with Gasteiger partial charge in [-0.2, -0.15) is 0 Å². The van der Waals surface area contributed by atoms with Crippen molar-refractivity contribution in [1.29, 1.82) is 0 Å². The molecule has 1 saturated heterocycles. The molecule has 0 radical (unpaired) electrons. The predicted molar refractivity (Wildman–Crippen MR) is 92.8 cm³/mol. The van der Waals surface area contributed by atoms with Crippen molar-refractivity contribution in [2.45, 2.75) is 53.6 Å². The van der Waals surface area contributed by atoms with Gasteiger partial charge in [-0.05, 0) is 5.92 Å². The number of allylic oxidation sites excluding steroid dienone is 2. The Bertz CT molecular complexity index is 438. The minimum atomic E-state index is 0. The Morgan fingerprint density at radius 1 is 1.17 bits per heavy atom. The Morgan fingerprint density at radius 2 is 1.78 bits per heavy atom. The summed E-state index contributed by atoms with van der Waals surface area (Å²) in [5, 5.41) is 4.50. The van der Waals surface area contributed by atoms with Crippen molar-refractivity contribution in [2.75, 3.05) is 13.2 Å². The van der Waals surface area contributed by atoms with E-state index in [-0.39, 0.29) is 31.6 Å². The zero-order valence-corrected chi connectivity index (χ0v) is 18.5. The maximum Gasteiger partial charge on any atom is 2.00 e. The fourth-order valence-electron chi connectivity index (χ4n) is 1.76. The molecule has 2 atom stereocenters. The van der Waals surface area contributed by atoms with Crippen molar-refractivity contribution >= 4 is 5.90 Å². The molecule has 0 aromatic heterocycles. The van der Waals surface area contributed by atoms with Crippen LogP contribution in [0.25, 0.3) is 5.32 Å². The first-order valence-corrected chi connectivity index (χ1v) is 8.02. The van der Waals surface area contributed by atoms with Crippen LogP contribution in [0.4, 0.5) is 0 Å². The van der Waals surface area contributed by atoms with Gasteiger partial charge in [-0.3, -0.25) is 0 Å². The molecular weight excluding hydrogens is 342 g/mol. The molecule has 0 bridgehead atoms. The van der Waals surface area contributed by atoms with Crippen molar-refractivity contribution in [1.82, 2.24) is 0 Å². The van der Waals surface area contributed by atoms with Gasteiger partial charge in [0.2, 0.25) is 5.90 Å². The van der Waals surface area contributed by atoms with E-state index in [1.165, 1.54) is 5.57 Å². The van der Waals surface area contributed by atoms with Crippen LogP contribution in [-0.4, -0.2) is 31.2 Å². The standard InChI is InChI=1S/C13H21N2O2.C5H9.Zn/c1-8(2)10-6-16-12(14-10)5-13-15-11(7-17-13)9(3)4;1-4-5(2)3;/h5,8-11H,6-7H2,1-4H3;4H,1H2,2-3H3;/q2*-1;+2/b12-5-;;/t10-,11-;;/m1../s1. The van der Waals surface area contributed by atoms with Crippen LogP contribution >= 0.6 is 0 Å². The van der Waals surface area contributed by atoms with E-state index in [2.05, 4.69) is 44.9 Å². The van der Waals surface area contributed by atoms with Gasteiger partial charge in [0.15, 0.2) is 0 Å². The Labute approximate surface area is 154 Å². The maximum atomic E-state index is 5.52. The third-order valence-corrected chi connectivity index (χ3v) is 3.58. The van der Waals surface area contributed by atoms with Crippen LogP contribution in [0.2, 0.25) is 0 Å². The zero-order chi connectivity index (χ0) is 16.7. The zero-order valence-electron chi connectivity index (χ0n) is 15.5. The van der Waals surface area contributed by atoms with Gasteiger partial charge >= 0.3 is 19.5 Å². The Morgan fingerprint density at radius 3 is 2.17 bits per heavy atom. The second kappa shape index (κ2) is 10.7. The number of nitrogens with zero attached hydrogens (tertiary/aromatic N) is 2. The maximum absolute atomic E-state index is 5.52. The van der Waals surface area contributed by atoms with Crippen LogP contribution < -0.4 is 0 Å². The van der Waals surface area contributed by atoms with Crippen LogP contribution in [0.15, 0.2) is 28.6 Å². The molecule has 0 spiro atoms. The summed E-state index contributed by atoms with van der Waals surface area (Å²) in [7, 11) is 0. The van der Waals surface area contributed by atoms with Crippen molar-refractivity contribution < 1.29 is 29.0 Å². The summed E-state index contributed by atoms with van der Waals surface area (Å²) < 4.78 is 11.0. The van der Waals surface area contributed by atoms with Gasteiger partial charge in [-0.25, -0.2) is 23.6 Å². The van der Waals surface area contributed by atoms with Crippen LogP contribution in [-0.2, 0) is 29.0 Å². The SMILES string of the molecule is CC(C)[C@H]1COC(/C=C2/[N-][C@@H](C(C)C)CO2)=N1.[CH2-]C=C(C)C.[Zn+2]. The van der Waals surface area contributed by atoms with Crippen LogP contribution in [0.1, 0.15) is 41.5 Å². The summed E-state index contributed by atoms with van der Waals surface area (Å²) >= 11 is 0. The molecule has 0 aromatic rings. The number of aliphatic imine (C=N–C) groups is 1. The van der Waals surface area contributed by atoms with Crippen molar-refractivity contribution in [3.05, 3.63) is 35.8 Å². The number of rotatable bonds is 3. The predicted octanol–water partition coefficient (Wildman–Crippen LogP) is 4.49. The number of hydrogen-bond donors (Lipinski definition) is 0. The Hall–Kier alpha value is -0.957. The summed E-state index contributed by atoms with van der Waals surface area (Å²) in [6.07, 6.45) is 3.64.